The second-order valence-electron chi connectivity index (χ2n) is 2.82. The van der Waals surface area contributed by atoms with Gasteiger partial charge in [0, 0.05) is 12.0 Å². The van der Waals surface area contributed by atoms with Gasteiger partial charge in [0.05, 0.1) is 18.1 Å². The van der Waals surface area contributed by atoms with Gasteiger partial charge < -0.3 is 4.74 Å². The van der Waals surface area contributed by atoms with Gasteiger partial charge in [0.2, 0.25) is 0 Å². The first-order valence-electron chi connectivity index (χ1n) is 4.07. The van der Waals surface area contributed by atoms with Crippen molar-refractivity contribution in [2.45, 2.75) is 6.42 Å². The molecule has 0 heterocycles. The number of nitro benzene ring substituents is 1. The topological polar surface area (TPSA) is 69.4 Å². The zero-order valence-electron chi connectivity index (χ0n) is 7.97. The lowest BCUT2D eigenvalue weighted by molar-refractivity contribution is -0.385. The predicted octanol–water partition coefficient (Wildman–Crippen LogP) is 1.60. The molecule has 0 fully saturated rings. The fourth-order valence-corrected chi connectivity index (χ4v) is 1.32. The molecule has 0 spiro atoms. The van der Waals surface area contributed by atoms with Gasteiger partial charge in [-0.2, -0.15) is 0 Å². The first-order valence-corrected chi connectivity index (χ1v) is 4.52. The van der Waals surface area contributed by atoms with Crippen LogP contribution in [-0.2, 0) is 11.2 Å². The van der Waals surface area contributed by atoms with Crippen LogP contribution in [0, 0.1) is 10.1 Å². The van der Waals surface area contributed by atoms with Crippen LogP contribution < -0.4 is 4.74 Å². The summed E-state index contributed by atoms with van der Waals surface area (Å²) in [7, 11) is 1.42. The maximum atomic E-state index is 10.8. The Morgan fingerprint density at radius 3 is 2.73 bits per heavy atom. The van der Waals surface area contributed by atoms with Gasteiger partial charge in [0.1, 0.15) is 5.75 Å². The summed E-state index contributed by atoms with van der Waals surface area (Å²) in [5.74, 6) is 0.386. The molecule has 5 nitrogen and oxygen atoms in total. The molecule has 80 valence electrons. The molecule has 0 unspecified atom stereocenters. The van der Waals surface area contributed by atoms with E-state index in [9.17, 15) is 14.9 Å². The van der Waals surface area contributed by atoms with Crippen molar-refractivity contribution in [3.8, 4) is 5.75 Å². The van der Waals surface area contributed by atoms with Gasteiger partial charge >= 0.3 is 0 Å². The van der Waals surface area contributed by atoms with Crippen LogP contribution in [0.4, 0.5) is 5.69 Å². The largest absolute Gasteiger partial charge is 0.497 e. The number of nitrogens with zero attached hydrogens (tertiary/aromatic N) is 1. The van der Waals surface area contributed by atoms with Crippen LogP contribution in [-0.4, -0.2) is 17.1 Å². The molecular formula is C9H9NO4S. The molecule has 1 aromatic carbocycles. The average molecular weight is 227 g/mol. The Bertz CT molecular complexity index is 405. The Morgan fingerprint density at radius 2 is 2.27 bits per heavy atom. The number of carbonyl (C=O) groups excluding carboxylic acids is 1. The maximum absolute atomic E-state index is 10.8. The Labute approximate surface area is 91.6 Å². The second kappa shape index (κ2) is 4.79. The number of hydrogen-bond donors (Lipinski definition) is 1. The van der Waals surface area contributed by atoms with Gasteiger partial charge in [0.25, 0.3) is 5.69 Å². The lowest BCUT2D eigenvalue weighted by atomic mass is 10.1. The van der Waals surface area contributed by atoms with E-state index in [1.165, 1.54) is 19.2 Å². The Balaban J connectivity index is 3.15. The molecule has 0 saturated carbocycles. The van der Waals surface area contributed by atoms with E-state index in [0.29, 0.717) is 11.3 Å². The number of benzene rings is 1. The molecule has 1 aromatic rings. The van der Waals surface area contributed by atoms with E-state index in [4.69, 9.17) is 4.74 Å². The van der Waals surface area contributed by atoms with Gasteiger partial charge in [-0.15, -0.1) is 12.6 Å². The minimum absolute atomic E-state index is 0.0661. The second-order valence-corrected chi connectivity index (χ2v) is 3.32. The number of nitro groups is 1. The third-order valence-electron chi connectivity index (χ3n) is 1.83. The predicted molar refractivity (Wildman–Crippen MR) is 57.3 cm³/mol. The molecule has 0 aliphatic rings. The van der Waals surface area contributed by atoms with Crippen LogP contribution in [0.3, 0.4) is 0 Å². The highest BCUT2D eigenvalue weighted by Crippen LogP contribution is 2.25. The summed E-state index contributed by atoms with van der Waals surface area (Å²) in [5.41, 5.74) is 0.206. The highest BCUT2D eigenvalue weighted by molar-refractivity contribution is 7.96. The summed E-state index contributed by atoms with van der Waals surface area (Å²) in [5, 5.41) is 10.3. The third kappa shape index (κ3) is 2.95. The number of hydrogen-bond acceptors (Lipinski definition) is 4. The third-order valence-corrected chi connectivity index (χ3v) is 1.99. The van der Waals surface area contributed by atoms with Gasteiger partial charge in [-0.3, -0.25) is 14.9 Å². The van der Waals surface area contributed by atoms with E-state index >= 15 is 0 Å². The normalized spacial score (nSPS) is 9.73. The Hall–Kier alpha value is -1.56. The van der Waals surface area contributed by atoms with Crippen molar-refractivity contribution < 1.29 is 14.5 Å². The summed E-state index contributed by atoms with van der Waals surface area (Å²) in [4.78, 5) is 20.9. The molecule has 0 atom stereocenters. The molecule has 0 N–H and O–H groups in total. The maximum Gasteiger partial charge on any atom is 0.276 e. The highest BCUT2D eigenvalue weighted by atomic mass is 32.1. The van der Waals surface area contributed by atoms with Crippen LogP contribution in [0.25, 0.3) is 0 Å². The first kappa shape index (κ1) is 11.5. The fraction of sp³-hybridized carbons (Fsp3) is 0.222. The quantitative estimate of drug-likeness (QED) is 0.482. The van der Waals surface area contributed by atoms with Crippen molar-refractivity contribution >= 4 is 23.4 Å². The molecule has 0 bridgehead atoms. The van der Waals surface area contributed by atoms with Crippen molar-refractivity contribution in [3.05, 3.63) is 33.9 Å². The number of carbonyl (C=O) groups is 1. The summed E-state index contributed by atoms with van der Waals surface area (Å²) in [6.45, 7) is 0. The monoisotopic (exact) mass is 227 g/mol. The summed E-state index contributed by atoms with van der Waals surface area (Å²) >= 11 is 3.58. The molecule has 6 heteroatoms. The molecule has 1 rings (SSSR count). The van der Waals surface area contributed by atoms with Crippen LogP contribution in [0.5, 0.6) is 5.75 Å². The van der Waals surface area contributed by atoms with E-state index in [0.717, 1.165) is 0 Å². The standard InChI is InChI=1S/C9H9NO4S/c1-14-7-3-2-6(4-9(11)15)8(5-7)10(12)13/h2-3,5H,4H2,1H3,(H,11,15). The van der Waals surface area contributed by atoms with Crippen LogP contribution in [0.1, 0.15) is 5.56 Å². The molecule has 0 saturated heterocycles. The summed E-state index contributed by atoms with van der Waals surface area (Å²) < 4.78 is 4.86. The van der Waals surface area contributed by atoms with Gasteiger partial charge in [0.15, 0.2) is 5.12 Å². The smallest absolute Gasteiger partial charge is 0.276 e. The fourth-order valence-electron chi connectivity index (χ4n) is 1.15. The van der Waals surface area contributed by atoms with E-state index in [1.807, 2.05) is 0 Å². The van der Waals surface area contributed by atoms with E-state index in [1.54, 1.807) is 6.07 Å². The van der Waals surface area contributed by atoms with Gasteiger partial charge in [-0.1, -0.05) is 0 Å². The van der Waals surface area contributed by atoms with Crippen molar-refractivity contribution in [1.29, 1.82) is 0 Å². The zero-order chi connectivity index (χ0) is 11.4. The van der Waals surface area contributed by atoms with E-state index in [-0.39, 0.29) is 12.1 Å². The Morgan fingerprint density at radius 1 is 1.60 bits per heavy atom. The molecule has 0 aliphatic heterocycles. The van der Waals surface area contributed by atoms with E-state index < -0.39 is 10.0 Å². The minimum atomic E-state index is -0.547. The zero-order valence-corrected chi connectivity index (χ0v) is 8.86. The number of ether oxygens (including phenoxy) is 1. The van der Waals surface area contributed by atoms with Crippen molar-refractivity contribution in [3.63, 3.8) is 0 Å². The number of thiol groups is 1. The lowest BCUT2D eigenvalue weighted by Gasteiger charge is -2.03. The summed E-state index contributed by atoms with van der Waals surface area (Å²) in [6.07, 6.45) is -0.0661. The van der Waals surface area contributed by atoms with E-state index in [2.05, 4.69) is 12.6 Å². The SMILES string of the molecule is COc1ccc(CC(=O)S)c([N+](=O)[O-])c1. The van der Waals surface area contributed by atoms with Gasteiger partial charge in [-0.25, -0.2) is 0 Å². The molecular weight excluding hydrogens is 218 g/mol. The van der Waals surface area contributed by atoms with Crippen molar-refractivity contribution in [2.24, 2.45) is 0 Å². The molecule has 0 radical (unpaired) electrons. The lowest BCUT2D eigenvalue weighted by Crippen LogP contribution is -2.00. The number of methoxy groups -OCH3 is 1. The van der Waals surface area contributed by atoms with Crippen molar-refractivity contribution in [2.75, 3.05) is 7.11 Å². The Kier molecular flexibility index (Phi) is 3.68. The molecule has 0 amide bonds. The van der Waals surface area contributed by atoms with Gasteiger partial charge in [-0.05, 0) is 12.1 Å². The number of rotatable bonds is 4. The van der Waals surface area contributed by atoms with Crippen molar-refractivity contribution in [1.82, 2.24) is 0 Å². The molecule has 0 aliphatic carbocycles. The average Bonchev–Trinajstić information content (AvgIpc) is 2.17. The summed E-state index contributed by atoms with van der Waals surface area (Å²) in [6, 6.07) is 4.34. The minimum Gasteiger partial charge on any atom is -0.497 e. The van der Waals surface area contributed by atoms with Crippen LogP contribution in [0.15, 0.2) is 18.2 Å². The first-order chi connectivity index (χ1) is 7.04. The van der Waals surface area contributed by atoms with Crippen LogP contribution in [0.2, 0.25) is 0 Å². The highest BCUT2D eigenvalue weighted by Gasteiger charge is 2.16. The molecule has 0 aromatic heterocycles. The molecule has 15 heavy (non-hydrogen) atoms. The van der Waals surface area contributed by atoms with Crippen LogP contribution >= 0.6 is 12.6 Å².